The van der Waals surface area contributed by atoms with E-state index in [0.717, 1.165) is 205 Å². The summed E-state index contributed by atoms with van der Waals surface area (Å²) in [5, 5.41) is 21.0. The van der Waals surface area contributed by atoms with Crippen molar-refractivity contribution in [1.82, 2.24) is 0 Å². The summed E-state index contributed by atoms with van der Waals surface area (Å²) in [6.07, 6.45) is 0.917. The van der Waals surface area contributed by atoms with Crippen LogP contribution in [0.1, 0.15) is 169 Å². The Labute approximate surface area is 789 Å². The summed E-state index contributed by atoms with van der Waals surface area (Å²) in [5.74, 6) is 0. The Balaban J connectivity index is 0.000000155. The highest BCUT2D eigenvalue weighted by Gasteiger charge is 2.30. The van der Waals surface area contributed by atoms with E-state index in [4.69, 9.17) is 54.1 Å². The quantitative estimate of drug-likeness (QED) is 0.147. The first-order chi connectivity index (χ1) is 63.8. The summed E-state index contributed by atoms with van der Waals surface area (Å²) in [4.78, 5) is 4.71. The molecule has 9 nitrogen and oxygen atoms in total. The van der Waals surface area contributed by atoms with E-state index < -0.39 is 0 Å². The van der Waals surface area contributed by atoms with Crippen LogP contribution in [0.4, 0.5) is 34.1 Å². The van der Waals surface area contributed by atoms with Crippen molar-refractivity contribution in [3.05, 3.63) is 358 Å². The molecule has 24 aromatic rings. The van der Waals surface area contributed by atoms with Gasteiger partial charge in [0.05, 0.1) is 0 Å². The third-order valence-corrected chi connectivity index (χ3v) is 27.6. The van der Waals surface area contributed by atoms with Crippen LogP contribution in [0.25, 0.3) is 175 Å². The molecule has 0 saturated heterocycles. The first-order valence-corrected chi connectivity index (χ1v) is 47.3. The molecule has 24 rings (SSSR count). The van der Waals surface area contributed by atoms with Crippen LogP contribution in [0.5, 0.6) is 0 Å². The highest BCUT2D eigenvalue weighted by molar-refractivity contribution is 6.32. The molecule has 0 aliphatic heterocycles. The fourth-order valence-corrected chi connectivity index (χ4v) is 19.7. The predicted octanol–water partition coefficient (Wildman–Crippen LogP) is 38.3. The van der Waals surface area contributed by atoms with Crippen molar-refractivity contribution in [2.75, 3.05) is 9.80 Å². The summed E-state index contributed by atoms with van der Waals surface area (Å²) in [7, 11) is 0. The van der Waals surface area contributed by atoms with Crippen LogP contribution in [0.3, 0.4) is 0 Å². The van der Waals surface area contributed by atoms with E-state index in [0.29, 0.717) is 10.0 Å². The number of anilines is 6. The van der Waals surface area contributed by atoms with Crippen LogP contribution in [0.15, 0.2) is 334 Å². The van der Waals surface area contributed by atoms with Gasteiger partial charge in [0.1, 0.15) is 78.2 Å². The van der Waals surface area contributed by atoms with E-state index in [1.54, 1.807) is 0 Å². The highest BCUT2D eigenvalue weighted by atomic mass is 35.5. The molecular weight excluding hydrogens is 1690 g/mol. The van der Waals surface area contributed by atoms with Crippen molar-refractivity contribution in [1.29, 1.82) is 0 Å². The minimum Gasteiger partial charge on any atom is -0.456 e. The Bertz CT molecular complexity index is 8400. The average molecular weight is 1800 g/mol. The van der Waals surface area contributed by atoms with Gasteiger partial charge in [-0.1, -0.05) is 245 Å². The van der Waals surface area contributed by atoms with Crippen molar-refractivity contribution in [2.45, 2.75) is 164 Å². The van der Waals surface area contributed by atoms with E-state index in [-0.39, 0.29) is 32.5 Å². The fourth-order valence-electron chi connectivity index (χ4n) is 19.4. The second-order valence-electron chi connectivity index (χ2n) is 42.9. The van der Waals surface area contributed by atoms with Gasteiger partial charge < -0.3 is 40.7 Å². The highest BCUT2D eigenvalue weighted by Crippen LogP contribution is 2.50. The van der Waals surface area contributed by atoms with Crippen LogP contribution in [0, 0.1) is 0 Å². The largest absolute Gasteiger partial charge is 0.456 e. The predicted molar refractivity (Wildman–Crippen MR) is 566 cm³/mol. The van der Waals surface area contributed by atoms with Crippen LogP contribution in [0.2, 0.25) is 10.0 Å². The number of hydrogen-bond donors (Lipinski definition) is 0. The molecule has 7 heterocycles. The lowest BCUT2D eigenvalue weighted by Gasteiger charge is -2.31. The Kier molecular flexibility index (Phi) is 20.0. The summed E-state index contributed by atoms with van der Waals surface area (Å²) in [6.45, 7) is 41.2. The Morgan fingerprint density at radius 3 is 0.694 bits per heavy atom. The molecule has 0 bridgehead atoms. The molecule has 0 amide bonds. The molecule has 0 saturated carbocycles. The molecule has 11 heteroatoms. The van der Waals surface area contributed by atoms with Crippen LogP contribution in [-0.4, -0.2) is 0 Å². The summed E-state index contributed by atoms with van der Waals surface area (Å²) >= 11 is 12.2. The van der Waals surface area contributed by atoms with Crippen LogP contribution >= 0.6 is 23.2 Å². The maximum absolute atomic E-state index is 6.92. The Hall–Kier alpha value is -14.0. The number of benzene rings is 17. The van der Waals surface area contributed by atoms with Crippen molar-refractivity contribution < 1.29 is 30.9 Å². The molecule has 0 atom stereocenters. The topological polar surface area (TPSA) is 98.5 Å². The van der Waals surface area contributed by atoms with E-state index in [2.05, 4.69) is 365 Å². The van der Waals surface area contributed by atoms with Gasteiger partial charge in [-0.05, 0) is 275 Å². The second-order valence-corrected chi connectivity index (χ2v) is 43.8. The monoisotopic (exact) mass is 1790 g/mol. The maximum Gasteiger partial charge on any atom is 0.137 e. The molecule has 664 valence electrons. The van der Waals surface area contributed by atoms with Gasteiger partial charge in [0.25, 0.3) is 0 Å². The molecular formula is C123H106Cl2N2O7. The molecule has 0 unspecified atom stereocenters. The van der Waals surface area contributed by atoms with Crippen molar-refractivity contribution in [2.24, 2.45) is 0 Å². The van der Waals surface area contributed by atoms with Crippen molar-refractivity contribution in [3.8, 4) is 0 Å². The smallest absolute Gasteiger partial charge is 0.137 e. The number of hydrogen-bond acceptors (Lipinski definition) is 9. The van der Waals surface area contributed by atoms with E-state index in [1.165, 1.54) is 55.3 Å². The minimum atomic E-state index is -0.0737. The number of rotatable bonds is 8. The maximum atomic E-state index is 6.92. The van der Waals surface area contributed by atoms with Gasteiger partial charge >= 0.3 is 0 Å². The minimum absolute atomic E-state index is 0.0737. The van der Waals surface area contributed by atoms with Gasteiger partial charge in [-0.25, -0.2) is 0 Å². The third-order valence-electron chi connectivity index (χ3n) is 27.1. The van der Waals surface area contributed by atoms with Crippen molar-refractivity contribution >= 4 is 232 Å². The molecule has 0 spiro atoms. The summed E-state index contributed by atoms with van der Waals surface area (Å²) in [6, 6.07) is 108. The summed E-state index contributed by atoms with van der Waals surface area (Å²) in [5.41, 5.74) is 28.7. The fraction of sp³-hybridized carbons (Fsp3) is 0.203. The standard InChI is InChI=1S/C74H66N2O4.C27H30O.C22H10Cl2O2/c1-71(2,3)45-33-46(72(4,5)6)36-53(35-45)75(49-21-25-57-55-17-13-15-19-63(55)77-67(57)39-49)51-23-27-59-61-29-43-32-66-62(30-44(43)31-65(61)79-69(59)41-51)60-28-24-52(42-70(60)80-66)76(54-37-47(73(7,8)9)34-48(38-54)74(10,11)12)50-22-26-58-56-18-14-16-20-64(56)78-68(58)40-50;1-26(2,3)20-14-19(15-21(17-20)27(4,5)6)13-18-11-12-23-22-9-7-8-10-24(22)28-25(23)16-18;23-13-1-3-15-17-5-11-8-20-18(16-4-2-14(24)10-22(16)26-20)6-12(11)7-19(17)25-21(15)9-13/h13-42H,1-12H3;7-12,14-17H,13H2,1-6H3;1-10H. The number of furan rings is 7. The van der Waals surface area contributed by atoms with Gasteiger partial charge in [0, 0.05) is 156 Å². The van der Waals surface area contributed by atoms with Crippen LogP contribution in [-0.2, 0) is 38.9 Å². The molecule has 0 aliphatic carbocycles. The SMILES string of the molecule is CC(C)(C)c1cc(Cc2ccc3c(c2)oc2ccccc23)cc(C(C)(C)C)c1.CC(C)(C)c1cc(N(c2ccc3c(c2)oc2ccccc23)c2ccc3c(c2)oc2cc4cc5c(cc4cc23)oc2cc(N(c3cc(C(C)(C)C)cc(C(C)(C)C)c3)c3ccc4c(c3)oc3ccccc34)ccc25)cc(C(C)(C)C)c1.Clc1ccc2c(c1)oc1cc3cc4c(cc3cc12)oc1cc(Cl)ccc14. The first kappa shape index (κ1) is 85.5. The van der Waals surface area contributed by atoms with Crippen molar-refractivity contribution in [3.63, 3.8) is 0 Å². The lowest BCUT2D eigenvalue weighted by molar-refractivity contribution is 0.567. The normalized spacial score (nSPS) is 12.8. The Morgan fingerprint density at radius 2 is 0.403 bits per heavy atom. The van der Waals surface area contributed by atoms with Gasteiger partial charge in [0.2, 0.25) is 0 Å². The zero-order valence-electron chi connectivity index (χ0n) is 79.1. The van der Waals surface area contributed by atoms with E-state index in [9.17, 15) is 0 Å². The van der Waals surface area contributed by atoms with Gasteiger partial charge in [-0.3, -0.25) is 0 Å². The number of halogens is 2. The van der Waals surface area contributed by atoms with Gasteiger partial charge in [0.15, 0.2) is 0 Å². The molecule has 7 aromatic heterocycles. The van der Waals surface area contributed by atoms with E-state index >= 15 is 0 Å². The van der Waals surface area contributed by atoms with Gasteiger partial charge in [-0.2, -0.15) is 0 Å². The van der Waals surface area contributed by atoms with Crippen LogP contribution < -0.4 is 9.80 Å². The summed E-state index contributed by atoms with van der Waals surface area (Å²) < 4.78 is 45.0. The number of nitrogens with zero attached hydrogens (tertiary/aromatic N) is 2. The lowest BCUT2D eigenvalue weighted by atomic mass is 9.79. The number of fused-ring (bicyclic) bond motifs is 23. The van der Waals surface area contributed by atoms with Gasteiger partial charge in [-0.15, -0.1) is 0 Å². The molecule has 0 fully saturated rings. The number of para-hydroxylation sites is 3. The van der Waals surface area contributed by atoms with E-state index in [1.807, 2.05) is 72.8 Å². The molecule has 134 heavy (non-hydrogen) atoms. The third kappa shape index (κ3) is 15.6. The molecule has 0 N–H and O–H groups in total. The molecule has 0 aliphatic rings. The lowest BCUT2D eigenvalue weighted by Crippen LogP contribution is -2.19. The zero-order chi connectivity index (χ0) is 92.9. The zero-order valence-corrected chi connectivity index (χ0v) is 80.6. The Morgan fingerprint density at radius 1 is 0.179 bits per heavy atom. The first-order valence-electron chi connectivity index (χ1n) is 46.5. The second kappa shape index (κ2) is 31.3. The average Bonchev–Trinajstić information content (AvgIpc) is 1.70. The molecule has 17 aromatic carbocycles. The molecule has 0 radical (unpaired) electrons.